The largest absolute Gasteiger partial charge is 0.430 e. The Kier molecular flexibility index (Phi) is 7.60. The number of anilines is 1. The summed E-state index contributed by atoms with van der Waals surface area (Å²) in [5, 5.41) is 10.1. The number of aryl methyl sites for hydroxylation is 1. The predicted molar refractivity (Wildman–Crippen MR) is 141 cm³/mol. The van der Waals surface area contributed by atoms with Gasteiger partial charge in [0.25, 0.3) is 29.2 Å². The van der Waals surface area contributed by atoms with Crippen LogP contribution in [0.3, 0.4) is 0 Å². The molecule has 0 spiro atoms. The van der Waals surface area contributed by atoms with Gasteiger partial charge >= 0.3 is 24.7 Å². The van der Waals surface area contributed by atoms with E-state index >= 15 is 0 Å². The SMILES string of the molecule is Cc1ccc(N2C(=O)c3ccc(C(c4ccc5c(c4)C(=O)N(C)C5=O)(C(F)(F)F)C(F)(F)F)cc3C2=O)c(C(O)(C(F)(F)F)C(F)(F)F)c1. The summed E-state index contributed by atoms with van der Waals surface area (Å²) in [7, 11) is 0.920. The van der Waals surface area contributed by atoms with E-state index in [9.17, 15) is 77.0 Å². The van der Waals surface area contributed by atoms with Crippen LogP contribution in [0.5, 0.6) is 0 Å². The number of imide groups is 2. The summed E-state index contributed by atoms with van der Waals surface area (Å²) in [4.78, 5) is 51.5. The maximum atomic E-state index is 14.9. The number of rotatable bonds is 4. The highest BCUT2D eigenvalue weighted by Gasteiger charge is 2.74. The first-order valence-electron chi connectivity index (χ1n) is 13.3. The second-order valence-electron chi connectivity index (χ2n) is 11.1. The molecule has 0 atom stereocenters. The van der Waals surface area contributed by atoms with E-state index < -0.39 is 104 Å². The average molecular weight is 712 g/mol. The topological polar surface area (TPSA) is 95.0 Å². The first kappa shape index (κ1) is 35.4. The highest BCUT2D eigenvalue weighted by molar-refractivity contribution is 6.34. The van der Waals surface area contributed by atoms with Gasteiger partial charge in [0.1, 0.15) is 0 Å². The molecular weight excluding hydrogens is 696 g/mol. The lowest BCUT2D eigenvalue weighted by molar-refractivity contribution is -0.376. The Morgan fingerprint density at radius 1 is 0.531 bits per heavy atom. The molecule has 19 heteroatoms. The van der Waals surface area contributed by atoms with Crippen LogP contribution in [-0.4, -0.2) is 65.4 Å². The van der Waals surface area contributed by atoms with E-state index in [1.807, 2.05) is 0 Å². The molecule has 2 aliphatic heterocycles. The number of carbonyl (C=O) groups is 4. The van der Waals surface area contributed by atoms with Gasteiger partial charge in [-0.15, -0.1) is 0 Å². The molecule has 3 aromatic rings. The Morgan fingerprint density at radius 2 is 0.939 bits per heavy atom. The highest BCUT2D eigenvalue weighted by Crippen LogP contribution is 2.58. The number of nitrogens with zero attached hydrogens (tertiary/aromatic N) is 2. The Labute approximate surface area is 265 Å². The van der Waals surface area contributed by atoms with Gasteiger partial charge in [0.2, 0.25) is 5.41 Å². The summed E-state index contributed by atoms with van der Waals surface area (Å²) in [5.74, 6) is -5.93. The molecule has 2 heterocycles. The molecule has 0 bridgehead atoms. The number of halogens is 12. The third-order valence-corrected chi connectivity index (χ3v) is 8.30. The first-order chi connectivity index (χ1) is 22.2. The zero-order valence-corrected chi connectivity index (χ0v) is 24.2. The lowest BCUT2D eigenvalue weighted by Crippen LogP contribution is -2.55. The summed E-state index contributed by atoms with van der Waals surface area (Å²) in [6, 6.07) is 2.76. The molecule has 7 nitrogen and oxygen atoms in total. The fraction of sp³-hybridized carbons (Fsp3) is 0.267. The van der Waals surface area contributed by atoms with Gasteiger partial charge in [-0.2, -0.15) is 52.7 Å². The Balaban J connectivity index is 1.75. The monoisotopic (exact) mass is 712 g/mol. The van der Waals surface area contributed by atoms with Crippen LogP contribution in [-0.2, 0) is 11.0 Å². The summed E-state index contributed by atoms with van der Waals surface area (Å²) in [5.41, 5.74) is -21.8. The molecule has 0 aliphatic carbocycles. The molecular formula is C30H16F12N2O5. The minimum Gasteiger partial charge on any atom is -0.369 e. The van der Waals surface area contributed by atoms with Crippen molar-refractivity contribution in [3.63, 3.8) is 0 Å². The van der Waals surface area contributed by atoms with E-state index in [1.165, 1.54) is 0 Å². The van der Waals surface area contributed by atoms with E-state index in [0.717, 1.165) is 20.0 Å². The van der Waals surface area contributed by atoms with Crippen molar-refractivity contribution in [3.05, 3.63) is 99.1 Å². The first-order valence-corrected chi connectivity index (χ1v) is 13.3. The molecule has 1 N–H and O–H groups in total. The number of aliphatic hydroxyl groups is 1. The molecule has 0 unspecified atom stereocenters. The van der Waals surface area contributed by atoms with Crippen molar-refractivity contribution in [1.29, 1.82) is 0 Å². The molecule has 260 valence electrons. The number of alkyl halides is 12. The van der Waals surface area contributed by atoms with Crippen LogP contribution in [0, 0.1) is 6.92 Å². The zero-order valence-electron chi connectivity index (χ0n) is 24.2. The van der Waals surface area contributed by atoms with Crippen molar-refractivity contribution in [2.45, 2.75) is 42.6 Å². The van der Waals surface area contributed by atoms with Gasteiger partial charge in [-0.3, -0.25) is 24.1 Å². The van der Waals surface area contributed by atoms with Crippen LogP contribution < -0.4 is 4.90 Å². The van der Waals surface area contributed by atoms with Crippen LogP contribution in [0.1, 0.15) is 63.7 Å². The summed E-state index contributed by atoms with van der Waals surface area (Å²) < 4.78 is 172. The maximum Gasteiger partial charge on any atom is 0.430 e. The molecule has 0 saturated heterocycles. The minimum atomic E-state index is -6.52. The number of carbonyl (C=O) groups excluding carboxylic acids is 4. The lowest BCUT2D eigenvalue weighted by atomic mass is 9.71. The molecule has 5 rings (SSSR count). The van der Waals surface area contributed by atoms with Gasteiger partial charge in [0.15, 0.2) is 0 Å². The van der Waals surface area contributed by atoms with Crippen molar-refractivity contribution in [3.8, 4) is 0 Å². The average Bonchev–Trinajstić information content (AvgIpc) is 3.33. The molecule has 2 aliphatic rings. The second-order valence-corrected chi connectivity index (χ2v) is 11.1. The molecule has 4 amide bonds. The fourth-order valence-electron chi connectivity index (χ4n) is 5.87. The number of benzene rings is 3. The third-order valence-electron chi connectivity index (χ3n) is 8.30. The fourth-order valence-corrected chi connectivity index (χ4v) is 5.87. The number of amides is 4. The van der Waals surface area contributed by atoms with Crippen LogP contribution in [0.4, 0.5) is 58.4 Å². The van der Waals surface area contributed by atoms with Crippen molar-refractivity contribution in [2.24, 2.45) is 0 Å². The molecule has 49 heavy (non-hydrogen) atoms. The number of hydrogen-bond donors (Lipinski definition) is 1. The smallest absolute Gasteiger partial charge is 0.369 e. The lowest BCUT2D eigenvalue weighted by Gasteiger charge is -2.38. The van der Waals surface area contributed by atoms with Crippen LogP contribution in [0.25, 0.3) is 0 Å². The summed E-state index contributed by atoms with van der Waals surface area (Å²) in [6.07, 6.45) is -25.7. The van der Waals surface area contributed by atoms with Gasteiger partial charge < -0.3 is 5.11 Å². The van der Waals surface area contributed by atoms with Crippen molar-refractivity contribution >= 4 is 29.3 Å². The quantitative estimate of drug-likeness (QED) is 0.239. The van der Waals surface area contributed by atoms with Gasteiger partial charge in [-0.25, -0.2) is 4.90 Å². The maximum absolute atomic E-state index is 14.9. The summed E-state index contributed by atoms with van der Waals surface area (Å²) in [6.45, 7) is 0.990. The van der Waals surface area contributed by atoms with Gasteiger partial charge in [0, 0.05) is 12.6 Å². The number of fused-ring (bicyclic) bond motifs is 2. The minimum absolute atomic E-state index is 0.0452. The molecule has 0 radical (unpaired) electrons. The molecule has 0 aromatic heterocycles. The molecule has 0 fully saturated rings. The van der Waals surface area contributed by atoms with Crippen molar-refractivity contribution < 1.29 is 77.0 Å². The second kappa shape index (κ2) is 10.5. The number of hydrogen-bond acceptors (Lipinski definition) is 5. The van der Waals surface area contributed by atoms with E-state index in [0.29, 0.717) is 23.1 Å². The Hall–Kier alpha value is -4.94. The third kappa shape index (κ3) is 4.72. The molecule has 0 saturated carbocycles. The van der Waals surface area contributed by atoms with Crippen LogP contribution in [0.15, 0.2) is 54.6 Å². The van der Waals surface area contributed by atoms with Gasteiger partial charge in [-0.1, -0.05) is 29.8 Å². The van der Waals surface area contributed by atoms with E-state index in [-0.39, 0.29) is 40.8 Å². The van der Waals surface area contributed by atoms with Crippen LogP contribution in [0.2, 0.25) is 0 Å². The van der Waals surface area contributed by atoms with Gasteiger partial charge in [0.05, 0.1) is 27.9 Å². The van der Waals surface area contributed by atoms with Gasteiger partial charge in [-0.05, 0) is 48.4 Å². The van der Waals surface area contributed by atoms with E-state index in [1.54, 1.807) is 0 Å². The summed E-state index contributed by atoms with van der Waals surface area (Å²) >= 11 is 0. The normalized spacial score (nSPS) is 16.1. The highest BCUT2D eigenvalue weighted by atomic mass is 19.4. The standard InChI is InChI=1S/C30H16F12N2O5/c1-12-3-8-20(19(9-12)26(49,29(37,38)39)30(40,41)42)44-23(47)16-7-5-14(11-18(16)24(44)48)25(27(31,32)33,28(34,35)36)13-4-6-15-17(10-13)22(46)43(2)21(15)45/h3-11,49H,1-2H3. The Bertz CT molecular complexity index is 1930. The zero-order chi connectivity index (χ0) is 37.0. The van der Waals surface area contributed by atoms with Crippen LogP contribution >= 0.6 is 0 Å². The van der Waals surface area contributed by atoms with E-state index in [2.05, 4.69) is 0 Å². The van der Waals surface area contributed by atoms with Crippen molar-refractivity contribution in [1.82, 2.24) is 4.90 Å². The van der Waals surface area contributed by atoms with E-state index in [4.69, 9.17) is 0 Å². The Morgan fingerprint density at radius 3 is 1.39 bits per heavy atom. The molecule has 3 aromatic carbocycles. The predicted octanol–water partition coefficient (Wildman–Crippen LogP) is 6.74. The van der Waals surface area contributed by atoms with Crippen molar-refractivity contribution in [2.75, 3.05) is 11.9 Å².